The molecule has 1 amide bonds. The summed E-state index contributed by atoms with van der Waals surface area (Å²) in [6.07, 6.45) is 1.40. The van der Waals surface area contributed by atoms with Crippen molar-refractivity contribution in [3.8, 4) is 0 Å². The average molecular weight is 225 g/mol. The normalized spacial score (nSPS) is 18.8. The maximum absolute atomic E-state index is 10.7. The van der Waals surface area contributed by atoms with Crippen LogP contribution in [0.3, 0.4) is 0 Å². The van der Waals surface area contributed by atoms with Gasteiger partial charge in [-0.2, -0.15) is 4.98 Å². The number of carbonyl (C=O) groups excluding carboxylic acids is 1. The van der Waals surface area contributed by atoms with Crippen molar-refractivity contribution in [1.29, 1.82) is 0 Å². The number of nitrogens with zero attached hydrogens (tertiary/aromatic N) is 4. The smallest absolute Gasteiger partial charge is 0.240 e. The van der Waals surface area contributed by atoms with E-state index in [1.165, 1.54) is 6.33 Å². The van der Waals surface area contributed by atoms with E-state index in [1.54, 1.807) is 0 Å². The third kappa shape index (κ3) is 3.01. The zero-order chi connectivity index (χ0) is 11.4. The van der Waals surface area contributed by atoms with Crippen molar-refractivity contribution in [2.45, 2.75) is 6.54 Å². The number of aromatic nitrogens is 2. The fourth-order valence-corrected chi connectivity index (χ4v) is 1.78. The Morgan fingerprint density at radius 3 is 2.62 bits per heavy atom. The van der Waals surface area contributed by atoms with Crippen molar-refractivity contribution in [2.24, 2.45) is 5.73 Å². The first-order valence-electron chi connectivity index (χ1n) is 5.22. The molecule has 1 aliphatic rings. The topological polar surface area (TPSA) is 88.5 Å². The van der Waals surface area contributed by atoms with Crippen LogP contribution in [-0.2, 0) is 11.3 Å². The molecule has 2 rings (SSSR count). The number of primary amides is 1. The standard InChI is InChI=1S/C9H15N5O2/c10-8(15)5-13-1-3-14(4-2-13)6-9-11-7-12-16-9/h7H,1-6H2,(H2,10,15). The fourth-order valence-electron chi connectivity index (χ4n) is 1.78. The molecule has 7 nitrogen and oxygen atoms in total. The molecule has 2 N–H and O–H groups in total. The number of hydrogen-bond donors (Lipinski definition) is 1. The summed E-state index contributed by atoms with van der Waals surface area (Å²) in [6.45, 7) is 4.47. The molecule has 1 aromatic heterocycles. The van der Waals surface area contributed by atoms with Gasteiger partial charge in [0.1, 0.15) is 0 Å². The van der Waals surface area contributed by atoms with E-state index in [0.717, 1.165) is 26.2 Å². The Hall–Kier alpha value is -1.47. The minimum Gasteiger partial charge on any atom is -0.369 e. The molecule has 0 unspecified atom stereocenters. The predicted octanol–water partition coefficient (Wildman–Crippen LogP) is -1.33. The highest BCUT2D eigenvalue weighted by Gasteiger charge is 2.19. The summed E-state index contributed by atoms with van der Waals surface area (Å²) in [5.41, 5.74) is 5.14. The van der Waals surface area contributed by atoms with Crippen molar-refractivity contribution in [3.63, 3.8) is 0 Å². The average Bonchev–Trinajstić information content (AvgIpc) is 2.73. The molecule has 0 spiro atoms. The third-order valence-electron chi connectivity index (χ3n) is 2.61. The number of amides is 1. The van der Waals surface area contributed by atoms with Crippen LogP contribution in [0.1, 0.15) is 5.89 Å². The van der Waals surface area contributed by atoms with Gasteiger partial charge in [-0.05, 0) is 0 Å². The third-order valence-corrected chi connectivity index (χ3v) is 2.61. The van der Waals surface area contributed by atoms with E-state index in [1.807, 2.05) is 4.90 Å². The van der Waals surface area contributed by atoms with E-state index in [4.69, 9.17) is 10.3 Å². The summed E-state index contributed by atoms with van der Waals surface area (Å²) >= 11 is 0. The lowest BCUT2D eigenvalue weighted by molar-refractivity contribution is -0.119. The highest BCUT2D eigenvalue weighted by molar-refractivity contribution is 5.75. The molecule has 1 aliphatic heterocycles. The molecule has 1 aromatic rings. The molecule has 0 aromatic carbocycles. The van der Waals surface area contributed by atoms with Crippen LogP contribution in [0.5, 0.6) is 0 Å². The van der Waals surface area contributed by atoms with E-state index in [9.17, 15) is 4.79 Å². The molecule has 0 bridgehead atoms. The van der Waals surface area contributed by atoms with E-state index in [-0.39, 0.29) is 5.91 Å². The van der Waals surface area contributed by atoms with E-state index < -0.39 is 0 Å². The first-order valence-corrected chi connectivity index (χ1v) is 5.22. The Morgan fingerprint density at radius 1 is 1.38 bits per heavy atom. The quantitative estimate of drug-likeness (QED) is 0.683. The number of nitrogens with two attached hydrogens (primary N) is 1. The van der Waals surface area contributed by atoms with Crippen LogP contribution in [-0.4, -0.2) is 58.6 Å². The summed E-state index contributed by atoms with van der Waals surface area (Å²) in [4.78, 5) is 19.0. The van der Waals surface area contributed by atoms with E-state index >= 15 is 0 Å². The highest BCUT2D eigenvalue weighted by Crippen LogP contribution is 2.05. The lowest BCUT2D eigenvalue weighted by atomic mass is 10.3. The molecular formula is C9H15N5O2. The van der Waals surface area contributed by atoms with Crippen LogP contribution in [0, 0.1) is 0 Å². The summed E-state index contributed by atoms with van der Waals surface area (Å²) in [6, 6.07) is 0. The predicted molar refractivity (Wildman–Crippen MR) is 55.2 cm³/mol. The molecule has 1 saturated heterocycles. The van der Waals surface area contributed by atoms with Gasteiger partial charge in [-0.3, -0.25) is 14.6 Å². The minimum atomic E-state index is -0.273. The maximum atomic E-state index is 10.7. The Labute approximate surface area is 93.2 Å². The fraction of sp³-hybridized carbons (Fsp3) is 0.667. The van der Waals surface area contributed by atoms with Gasteiger partial charge in [-0.25, -0.2) is 0 Å². The van der Waals surface area contributed by atoms with Gasteiger partial charge in [0.05, 0.1) is 13.1 Å². The van der Waals surface area contributed by atoms with Gasteiger partial charge in [0, 0.05) is 26.2 Å². The summed E-state index contributed by atoms with van der Waals surface area (Å²) in [7, 11) is 0. The van der Waals surface area contributed by atoms with Crippen LogP contribution >= 0.6 is 0 Å². The van der Waals surface area contributed by atoms with E-state index in [2.05, 4.69) is 15.0 Å². The summed E-state index contributed by atoms with van der Waals surface area (Å²) in [5, 5.41) is 3.56. The Bertz CT molecular complexity index is 332. The molecule has 0 saturated carbocycles. The monoisotopic (exact) mass is 225 g/mol. The highest BCUT2D eigenvalue weighted by atomic mass is 16.5. The van der Waals surface area contributed by atoms with Gasteiger partial charge in [0.15, 0.2) is 6.33 Å². The van der Waals surface area contributed by atoms with Crippen molar-refractivity contribution in [1.82, 2.24) is 19.9 Å². The summed E-state index contributed by atoms with van der Waals surface area (Å²) < 4.78 is 4.94. The largest absolute Gasteiger partial charge is 0.369 e. The molecule has 16 heavy (non-hydrogen) atoms. The zero-order valence-corrected chi connectivity index (χ0v) is 9.00. The number of hydrogen-bond acceptors (Lipinski definition) is 6. The second kappa shape index (κ2) is 5.04. The van der Waals surface area contributed by atoms with Crippen LogP contribution in [0.15, 0.2) is 10.9 Å². The van der Waals surface area contributed by atoms with Crippen LogP contribution < -0.4 is 5.73 Å². The van der Waals surface area contributed by atoms with Crippen LogP contribution in [0.25, 0.3) is 0 Å². The molecule has 0 aliphatic carbocycles. The van der Waals surface area contributed by atoms with Crippen molar-refractivity contribution >= 4 is 5.91 Å². The first kappa shape index (κ1) is 11.0. The van der Waals surface area contributed by atoms with Crippen molar-refractivity contribution in [3.05, 3.63) is 12.2 Å². The molecule has 0 atom stereocenters. The second-order valence-corrected chi connectivity index (χ2v) is 3.85. The Morgan fingerprint density at radius 2 is 2.06 bits per heavy atom. The van der Waals surface area contributed by atoms with Crippen molar-refractivity contribution < 1.29 is 9.32 Å². The number of rotatable bonds is 4. The van der Waals surface area contributed by atoms with E-state index in [0.29, 0.717) is 19.0 Å². The second-order valence-electron chi connectivity index (χ2n) is 3.85. The lowest BCUT2D eigenvalue weighted by Gasteiger charge is -2.32. The molecular weight excluding hydrogens is 210 g/mol. The van der Waals surface area contributed by atoms with Crippen LogP contribution in [0.2, 0.25) is 0 Å². The molecule has 88 valence electrons. The molecule has 0 radical (unpaired) electrons. The molecule has 2 heterocycles. The maximum Gasteiger partial charge on any atom is 0.240 e. The Balaban J connectivity index is 1.75. The Kier molecular flexibility index (Phi) is 3.47. The SMILES string of the molecule is NC(=O)CN1CCN(Cc2ncno2)CC1. The van der Waals surface area contributed by atoms with Gasteiger partial charge >= 0.3 is 0 Å². The van der Waals surface area contributed by atoms with Gasteiger partial charge in [0.2, 0.25) is 11.8 Å². The molecule has 7 heteroatoms. The van der Waals surface area contributed by atoms with Crippen LogP contribution in [0.4, 0.5) is 0 Å². The summed E-state index contributed by atoms with van der Waals surface area (Å²) in [5.74, 6) is 0.355. The van der Waals surface area contributed by atoms with Gasteiger partial charge in [-0.15, -0.1) is 0 Å². The number of piperazine rings is 1. The van der Waals surface area contributed by atoms with Gasteiger partial charge < -0.3 is 10.3 Å². The number of carbonyl (C=O) groups is 1. The van der Waals surface area contributed by atoms with Gasteiger partial charge in [0.25, 0.3) is 0 Å². The molecule has 1 fully saturated rings. The first-order chi connectivity index (χ1) is 7.74. The van der Waals surface area contributed by atoms with Gasteiger partial charge in [-0.1, -0.05) is 5.16 Å². The lowest BCUT2D eigenvalue weighted by Crippen LogP contribution is -2.48. The minimum absolute atomic E-state index is 0.273. The zero-order valence-electron chi connectivity index (χ0n) is 9.00. The van der Waals surface area contributed by atoms with Crippen molar-refractivity contribution in [2.75, 3.05) is 32.7 Å².